The zero-order chi connectivity index (χ0) is 25.4. The summed E-state index contributed by atoms with van der Waals surface area (Å²) in [5.41, 5.74) is 0. The molecule has 1 N–H and O–H groups in total. The van der Waals surface area contributed by atoms with Gasteiger partial charge in [0.25, 0.3) is 5.82 Å². The Morgan fingerprint density at radius 3 is 1.34 bits per heavy atom. The average Bonchev–Trinajstić information content (AvgIpc) is 3.36. The van der Waals surface area contributed by atoms with E-state index in [9.17, 15) is 0 Å². The van der Waals surface area contributed by atoms with Crippen molar-refractivity contribution in [2.24, 2.45) is 0 Å². The van der Waals surface area contributed by atoms with Gasteiger partial charge in [-0.3, -0.25) is 0 Å². The first-order valence-electron chi connectivity index (χ1n) is 16.3. The van der Waals surface area contributed by atoms with Crippen LogP contribution in [0.2, 0.25) is 0 Å². The average molecular weight is 490 g/mol. The van der Waals surface area contributed by atoms with Crippen LogP contribution >= 0.6 is 0 Å². The fourth-order valence-electron chi connectivity index (χ4n) is 5.63. The number of rotatable bonds is 26. The molecule has 35 heavy (non-hydrogen) atoms. The molecule has 1 heterocycles. The first kappa shape index (κ1) is 32.2. The van der Waals surface area contributed by atoms with Crippen molar-refractivity contribution in [1.29, 1.82) is 0 Å². The standard InChI is InChI=1S/C33H64N2/c1-5-7-9-11-13-15-16-17-18-20-22-24-26-28-32(4)35-30-29-34-33(35)31(3)27-25-23-21-19-14-12-10-8-6-2/h29-32H,5-28H2,1-4H3/p+1. The van der Waals surface area contributed by atoms with Gasteiger partial charge in [-0.1, -0.05) is 156 Å². The van der Waals surface area contributed by atoms with Crippen LogP contribution in [0.1, 0.15) is 200 Å². The fourth-order valence-corrected chi connectivity index (χ4v) is 5.63. The number of hydrogen-bond donors (Lipinski definition) is 1. The molecule has 2 unspecified atom stereocenters. The van der Waals surface area contributed by atoms with Crippen molar-refractivity contribution in [2.75, 3.05) is 0 Å². The largest absolute Gasteiger partial charge is 0.257 e. The van der Waals surface area contributed by atoms with Crippen LogP contribution in [0, 0.1) is 0 Å². The van der Waals surface area contributed by atoms with Crippen molar-refractivity contribution in [3.63, 3.8) is 0 Å². The summed E-state index contributed by atoms with van der Waals surface area (Å²) in [5, 5.41) is 0. The van der Waals surface area contributed by atoms with Crippen LogP contribution in [0.15, 0.2) is 12.4 Å². The molecular formula is C33H65N2+. The molecule has 0 saturated carbocycles. The van der Waals surface area contributed by atoms with Crippen molar-refractivity contribution in [3.05, 3.63) is 18.2 Å². The van der Waals surface area contributed by atoms with Gasteiger partial charge in [0.1, 0.15) is 12.4 Å². The minimum atomic E-state index is 0.620. The molecule has 0 aliphatic carbocycles. The van der Waals surface area contributed by atoms with Gasteiger partial charge in [0.15, 0.2) is 0 Å². The maximum Gasteiger partial charge on any atom is 0.257 e. The Balaban J connectivity index is 2.05. The molecule has 1 rings (SSSR count). The Morgan fingerprint density at radius 1 is 0.543 bits per heavy atom. The quantitative estimate of drug-likeness (QED) is 0.0985. The highest BCUT2D eigenvalue weighted by Crippen LogP contribution is 2.21. The molecule has 0 spiro atoms. The summed E-state index contributed by atoms with van der Waals surface area (Å²) in [6.45, 7) is 9.45. The number of unbranched alkanes of at least 4 members (excludes halogenated alkanes) is 20. The lowest BCUT2D eigenvalue weighted by molar-refractivity contribution is -0.727. The molecule has 0 fully saturated rings. The van der Waals surface area contributed by atoms with Gasteiger partial charge in [0.05, 0.1) is 12.0 Å². The van der Waals surface area contributed by atoms with Gasteiger partial charge in [-0.25, -0.2) is 9.55 Å². The summed E-state index contributed by atoms with van der Waals surface area (Å²) in [4.78, 5) is 3.58. The van der Waals surface area contributed by atoms with Crippen molar-refractivity contribution in [1.82, 2.24) is 4.98 Å². The SMILES string of the molecule is CCCCCCCCCCCCCCCC(C)[n+]1cc[nH]c1C(C)CCCCCCCCCCC. The van der Waals surface area contributed by atoms with Crippen LogP contribution in [-0.2, 0) is 0 Å². The second-order valence-corrected chi connectivity index (χ2v) is 11.7. The van der Waals surface area contributed by atoms with E-state index >= 15 is 0 Å². The van der Waals surface area contributed by atoms with E-state index in [4.69, 9.17) is 0 Å². The maximum atomic E-state index is 3.58. The normalized spacial score (nSPS) is 13.4. The molecule has 0 aromatic carbocycles. The Bertz CT molecular complexity index is 549. The molecule has 206 valence electrons. The summed E-state index contributed by atoms with van der Waals surface area (Å²) < 4.78 is 2.54. The summed E-state index contributed by atoms with van der Waals surface area (Å²) >= 11 is 0. The van der Waals surface area contributed by atoms with E-state index in [1.165, 1.54) is 160 Å². The molecule has 2 atom stereocenters. The molecule has 1 aromatic heterocycles. The fraction of sp³-hybridized carbons (Fsp3) is 0.909. The first-order chi connectivity index (χ1) is 17.2. The molecule has 1 aromatic rings. The van der Waals surface area contributed by atoms with E-state index in [2.05, 4.69) is 49.6 Å². The number of H-pyrrole nitrogens is 1. The van der Waals surface area contributed by atoms with Crippen molar-refractivity contribution < 1.29 is 4.57 Å². The van der Waals surface area contributed by atoms with Crippen molar-refractivity contribution in [3.8, 4) is 0 Å². The van der Waals surface area contributed by atoms with Gasteiger partial charge in [-0.2, -0.15) is 0 Å². The number of aromatic nitrogens is 2. The molecule has 2 nitrogen and oxygen atoms in total. The lowest BCUT2D eigenvalue weighted by Gasteiger charge is -2.14. The molecule has 0 saturated heterocycles. The molecule has 0 aliphatic rings. The van der Waals surface area contributed by atoms with E-state index in [1.54, 1.807) is 0 Å². The van der Waals surface area contributed by atoms with E-state index in [-0.39, 0.29) is 0 Å². The lowest BCUT2D eigenvalue weighted by atomic mass is 10.00. The van der Waals surface area contributed by atoms with Gasteiger partial charge in [-0.15, -0.1) is 0 Å². The zero-order valence-electron chi connectivity index (χ0n) is 24.7. The van der Waals surface area contributed by atoms with E-state index < -0.39 is 0 Å². The monoisotopic (exact) mass is 490 g/mol. The molecule has 0 radical (unpaired) electrons. The van der Waals surface area contributed by atoms with Crippen LogP contribution in [0.25, 0.3) is 0 Å². The summed E-state index contributed by atoms with van der Waals surface area (Å²) in [5.74, 6) is 2.09. The van der Waals surface area contributed by atoms with Crippen LogP contribution < -0.4 is 4.57 Å². The second-order valence-electron chi connectivity index (χ2n) is 11.7. The lowest BCUT2D eigenvalue weighted by Crippen LogP contribution is -2.40. The first-order valence-corrected chi connectivity index (χ1v) is 16.3. The predicted octanol–water partition coefficient (Wildman–Crippen LogP) is 11.4. The number of hydrogen-bond acceptors (Lipinski definition) is 0. The Labute approximate surface area is 221 Å². The topological polar surface area (TPSA) is 19.7 Å². The number of aromatic amines is 1. The highest BCUT2D eigenvalue weighted by Gasteiger charge is 2.22. The third kappa shape index (κ3) is 17.3. The van der Waals surface area contributed by atoms with Gasteiger partial charge in [0.2, 0.25) is 0 Å². The molecule has 0 aliphatic heterocycles. The maximum absolute atomic E-state index is 3.58. The highest BCUT2D eigenvalue weighted by atomic mass is 15.1. The van der Waals surface area contributed by atoms with Gasteiger partial charge >= 0.3 is 0 Å². The summed E-state index contributed by atoms with van der Waals surface area (Å²) in [7, 11) is 0. The summed E-state index contributed by atoms with van der Waals surface area (Å²) in [6, 6.07) is 0.620. The predicted molar refractivity (Wildman–Crippen MR) is 156 cm³/mol. The van der Waals surface area contributed by atoms with E-state index in [0.29, 0.717) is 12.0 Å². The minimum absolute atomic E-state index is 0.620. The van der Waals surface area contributed by atoms with Crippen LogP contribution in [0.4, 0.5) is 0 Å². The molecule has 2 heteroatoms. The number of imidazole rings is 1. The Kier molecular flexibility index (Phi) is 21.7. The Morgan fingerprint density at radius 2 is 0.914 bits per heavy atom. The van der Waals surface area contributed by atoms with Gasteiger partial charge < -0.3 is 0 Å². The van der Waals surface area contributed by atoms with Crippen LogP contribution in [0.3, 0.4) is 0 Å². The number of nitrogens with one attached hydrogen (secondary N) is 1. The van der Waals surface area contributed by atoms with E-state index in [1.807, 2.05) is 0 Å². The minimum Gasteiger partial charge on any atom is -0.247 e. The molecule has 0 amide bonds. The third-order valence-electron chi connectivity index (χ3n) is 8.15. The summed E-state index contributed by atoms with van der Waals surface area (Å²) in [6.07, 6.45) is 38.6. The van der Waals surface area contributed by atoms with E-state index in [0.717, 1.165) is 0 Å². The highest BCUT2D eigenvalue weighted by molar-refractivity contribution is 4.87. The second kappa shape index (κ2) is 23.6. The van der Waals surface area contributed by atoms with Gasteiger partial charge in [-0.05, 0) is 26.2 Å². The van der Waals surface area contributed by atoms with Gasteiger partial charge in [0, 0.05) is 0 Å². The smallest absolute Gasteiger partial charge is 0.247 e. The molecular weight excluding hydrogens is 424 g/mol. The van der Waals surface area contributed by atoms with Crippen molar-refractivity contribution in [2.45, 2.75) is 194 Å². The third-order valence-corrected chi connectivity index (χ3v) is 8.15. The Hall–Kier alpha value is -0.790. The van der Waals surface area contributed by atoms with Crippen LogP contribution in [-0.4, -0.2) is 4.98 Å². The zero-order valence-corrected chi connectivity index (χ0v) is 24.7. The van der Waals surface area contributed by atoms with Crippen molar-refractivity contribution >= 4 is 0 Å². The van der Waals surface area contributed by atoms with Crippen LogP contribution in [0.5, 0.6) is 0 Å². The number of nitrogens with zero attached hydrogens (tertiary/aromatic N) is 1. The molecule has 0 bridgehead atoms.